The van der Waals surface area contributed by atoms with Crippen LogP contribution in [0.1, 0.15) is 53.0 Å². The number of aromatic nitrogens is 1. The molecule has 2 heterocycles. The highest BCUT2D eigenvalue weighted by molar-refractivity contribution is 6.31. The van der Waals surface area contributed by atoms with Crippen molar-refractivity contribution in [1.82, 2.24) is 10.3 Å². The Morgan fingerprint density at radius 3 is 2.41 bits per heavy atom. The van der Waals surface area contributed by atoms with E-state index in [1.165, 1.54) is 11.1 Å². The average molecular weight is 479 g/mol. The Balaban J connectivity index is 1.66. The summed E-state index contributed by atoms with van der Waals surface area (Å²) in [5, 5.41) is 5.83. The first-order chi connectivity index (χ1) is 16.2. The van der Waals surface area contributed by atoms with Crippen LogP contribution in [0, 0.1) is 5.92 Å². The second-order valence-electron chi connectivity index (χ2n) is 11.0. The first-order valence-electron chi connectivity index (χ1n) is 12.6. The molecule has 0 amide bonds. The summed E-state index contributed by atoms with van der Waals surface area (Å²) in [6.45, 7) is 15.1. The quantitative estimate of drug-likeness (QED) is 0.399. The zero-order valence-corrected chi connectivity index (χ0v) is 22.1. The molecule has 0 spiro atoms. The van der Waals surface area contributed by atoms with Crippen molar-refractivity contribution >= 4 is 34.0 Å². The highest BCUT2D eigenvalue weighted by Gasteiger charge is 2.25. The van der Waals surface area contributed by atoms with Gasteiger partial charge >= 0.3 is 0 Å². The van der Waals surface area contributed by atoms with Gasteiger partial charge in [0.05, 0.1) is 5.52 Å². The Morgan fingerprint density at radius 1 is 1.06 bits per heavy atom. The molecular formula is C29H39ClN4. The fourth-order valence-corrected chi connectivity index (χ4v) is 5.15. The molecule has 1 aliphatic rings. The molecule has 1 N–H and O–H groups in total. The maximum atomic E-state index is 6.54. The summed E-state index contributed by atoms with van der Waals surface area (Å²) < 4.78 is 0. The van der Waals surface area contributed by atoms with Crippen LogP contribution in [-0.4, -0.2) is 36.2 Å². The van der Waals surface area contributed by atoms with Gasteiger partial charge in [-0.05, 0) is 57.2 Å². The molecule has 1 aromatic heterocycles. The zero-order chi connectivity index (χ0) is 24.3. The molecule has 0 radical (unpaired) electrons. The highest BCUT2D eigenvalue weighted by atomic mass is 35.5. The second kappa shape index (κ2) is 10.5. The number of fused-ring (bicyclic) bond motifs is 1. The number of rotatable bonds is 7. The third-order valence-corrected chi connectivity index (χ3v) is 6.75. The van der Waals surface area contributed by atoms with Crippen LogP contribution in [0.5, 0.6) is 0 Å². The number of anilines is 2. The van der Waals surface area contributed by atoms with Gasteiger partial charge in [-0.2, -0.15) is 0 Å². The summed E-state index contributed by atoms with van der Waals surface area (Å²) >= 11 is 6.54. The van der Waals surface area contributed by atoms with Gasteiger partial charge in [-0.3, -0.25) is 0 Å². The Hall–Kier alpha value is -2.30. The first-order valence-corrected chi connectivity index (χ1v) is 13.0. The second-order valence-corrected chi connectivity index (χ2v) is 11.4. The lowest BCUT2D eigenvalue weighted by Gasteiger charge is -2.38. The molecular weight excluding hydrogens is 440 g/mol. The van der Waals surface area contributed by atoms with E-state index in [4.69, 9.17) is 16.6 Å². The number of piperidine rings is 1. The topological polar surface area (TPSA) is 31.4 Å². The lowest BCUT2D eigenvalue weighted by molar-refractivity contribution is 0.317. The predicted octanol–water partition coefficient (Wildman–Crippen LogP) is 6.91. The molecule has 1 aliphatic heterocycles. The maximum Gasteiger partial charge on any atom is 0.131 e. The molecule has 0 aliphatic carbocycles. The molecule has 3 aromatic rings. The van der Waals surface area contributed by atoms with E-state index in [1.807, 2.05) is 12.1 Å². The molecule has 2 aromatic carbocycles. The van der Waals surface area contributed by atoms with E-state index in [1.54, 1.807) is 0 Å². The summed E-state index contributed by atoms with van der Waals surface area (Å²) in [7, 11) is 0. The lowest BCUT2D eigenvalue weighted by atomic mass is 9.99. The van der Waals surface area contributed by atoms with Crippen LogP contribution in [0.4, 0.5) is 11.5 Å². The smallest absolute Gasteiger partial charge is 0.131 e. The molecule has 34 heavy (non-hydrogen) atoms. The van der Waals surface area contributed by atoms with Crippen LogP contribution in [-0.2, 0) is 6.54 Å². The van der Waals surface area contributed by atoms with Crippen molar-refractivity contribution in [2.75, 3.05) is 29.4 Å². The van der Waals surface area contributed by atoms with Crippen molar-refractivity contribution < 1.29 is 0 Å². The average Bonchev–Trinajstić information content (AvgIpc) is 2.78. The number of pyridine rings is 1. The van der Waals surface area contributed by atoms with Crippen molar-refractivity contribution in [2.45, 2.75) is 65.6 Å². The standard InChI is InChI=1S/C29H39ClN4/c1-21(2)19-34(20-22-10-6-8-12-25(22)30)28-18-27(24-11-7-9-13-26(24)31-28)33-16-14-23(15-17-33)32-29(3,4)5/h6-13,18,21,23,32H,14-17,19-20H2,1-5H3. The fraction of sp³-hybridized carbons (Fsp3) is 0.483. The number of halogens is 1. The van der Waals surface area contributed by atoms with Gasteiger partial charge in [0.15, 0.2) is 0 Å². The van der Waals surface area contributed by atoms with Crippen LogP contribution in [0.2, 0.25) is 5.02 Å². The van der Waals surface area contributed by atoms with Gasteiger partial charge in [-0.1, -0.05) is 61.8 Å². The molecule has 182 valence electrons. The van der Waals surface area contributed by atoms with Crippen LogP contribution in [0.3, 0.4) is 0 Å². The number of hydrogen-bond acceptors (Lipinski definition) is 4. The van der Waals surface area contributed by atoms with Gasteiger partial charge < -0.3 is 15.1 Å². The minimum Gasteiger partial charge on any atom is -0.371 e. The van der Waals surface area contributed by atoms with Crippen molar-refractivity contribution in [3.8, 4) is 0 Å². The van der Waals surface area contributed by atoms with Gasteiger partial charge in [-0.15, -0.1) is 0 Å². The highest BCUT2D eigenvalue weighted by Crippen LogP contribution is 2.33. The first kappa shape index (κ1) is 24.8. The van der Waals surface area contributed by atoms with Crippen molar-refractivity contribution in [1.29, 1.82) is 0 Å². The van der Waals surface area contributed by atoms with Crippen LogP contribution in [0.15, 0.2) is 54.6 Å². The minimum atomic E-state index is 0.152. The lowest BCUT2D eigenvalue weighted by Crippen LogP contribution is -2.49. The van der Waals surface area contributed by atoms with Crippen molar-refractivity contribution in [3.05, 3.63) is 65.2 Å². The van der Waals surface area contributed by atoms with E-state index in [0.717, 1.165) is 60.9 Å². The molecule has 4 nitrogen and oxygen atoms in total. The number of nitrogens with one attached hydrogen (secondary N) is 1. The SMILES string of the molecule is CC(C)CN(Cc1ccccc1Cl)c1cc(N2CCC(NC(C)(C)C)CC2)c2ccccc2n1. The normalized spacial score (nSPS) is 15.3. The number of para-hydroxylation sites is 1. The molecule has 5 heteroatoms. The van der Waals surface area contributed by atoms with E-state index in [9.17, 15) is 0 Å². The molecule has 0 saturated carbocycles. The van der Waals surface area contributed by atoms with Crippen molar-refractivity contribution in [3.63, 3.8) is 0 Å². The summed E-state index contributed by atoms with van der Waals surface area (Å²) in [5.41, 5.74) is 3.63. The van der Waals surface area contributed by atoms with Crippen molar-refractivity contribution in [2.24, 2.45) is 5.92 Å². The minimum absolute atomic E-state index is 0.152. The molecule has 1 fully saturated rings. The van der Waals surface area contributed by atoms with E-state index in [0.29, 0.717) is 12.0 Å². The zero-order valence-electron chi connectivity index (χ0n) is 21.3. The van der Waals surface area contributed by atoms with E-state index < -0.39 is 0 Å². The monoisotopic (exact) mass is 478 g/mol. The van der Waals surface area contributed by atoms with Gasteiger partial charge in [0.1, 0.15) is 5.82 Å². The Kier molecular flexibility index (Phi) is 7.69. The maximum absolute atomic E-state index is 6.54. The Bertz CT molecular complexity index is 1100. The Labute approximate surface area is 210 Å². The molecule has 0 unspecified atom stereocenters. The number of benzene rings is 2. The van der Waals surface area contributed by atoms with Crippen LogP contribution >= 0.6 is 11.6 Å². The summed E-state index contributed by atoms with van der Waals surface area (Å²) in [5.74, 6) is 1.54. The summed E-state index contributed by atoms with van der Waals surface area (Å²) in [6, 6.07) is 19.6. The third kappa shape index (κ3) is 6.22. The molecule has 4 rings (SSSR count). The van der Waals surface area contributed by atoms with Crippen LogP contribution in [0.25, 0.3) is 10.9 Å². The number of hydrogen-bond donors (Lipinski definition) is 1. The Morgan fingerprint density at radius 2 is 1.74 bits per heavy atom. The van der Waals surface area contributed by atoms with E-state index in [2.05, 4.69) is 92.2 Å². The van der Waals surface area contributed by atoms with Gasteiger partial charge in [-0.25, -0.2) is 4.98 Å². The predicted molar refractivity (Wildman–Crippen MR) is 147 cm³/mol. The van der Waals surface area contributed by atoms with Gasteiger partial charge in [0, 0.05) is 59.9 Å². The van der Waals surface area contributed by atoms with Gasteiger partial charge in [0.2, 0.25) is 0 Å². The fourth-order valence-electron chi connectivity index (χ4n) is 4.96. The summed E-state index contributed by atoms with van der Waals surface area (Å²) in [4.78, 5) is 10.1. The molecule has 1 saturated heterocycles. The van der Waals surface area contributed by atoms with Crippen LogP contribution < -0.4 is 15.1 Å². The molecule has 0 bridgehead atoms. The van der Waals surface area contributed by atoms with E-state index >= 15 is 0 Å². The summed E-state index contributed by atoms with van der Waals surface area (Å²) in [6.07, 6.45) is 2.30. The largest absolute Gasteiger partial charge is 0.371 e. The van der Waals surface area contributed by atoms with E-state index in [-0.39, 0.29) is 5.54 Å². The third-order valence-electron chi connectivity index (χ3n) is 6.38. The number of nitrogens with zero attached hydrogens (tertiary/aromatic N) is 3. The van der Waals surface area contributed by atoms with Gasteiger partial charge in [0.25, 0.3) is 0 Å². The molecule has 0 atom stereocenters.